The molecule has 1 fully saturated rings. The van der Waals surface area contributed by atoms with Gasteiger partial charge in [-0.2, -0.15) is 0 Å². The first-order valence-corrected chi connectivity index (χ1v) is 4.04. The maximum Gasteiger partial charge on any atom is 0.280 e. The van der Waals surface area contributed by atoms with Gasteiger partial charge in [-0.25, -0.2) is 0 Å². The van der Waals surface area contributed by atoms with Crippen LogP contribution in [0.5, 0.6) is 0 Å². The zero-order valence-corrected chi connectivity index (χ0v) is 7.23. The Morgan fingerprint density at radius 1 is 1.43 bits per heavy atom. The molecule has 5 heteroatoms. The van der Waals surface area contributed by atoms with Gasteiger partial charge in [-0.1, -0.05) is 0 Å². The van der Waals surface area contributed by atoms with Crippen LogP contribution in [-0.2, 0) is 9.59 Å². The summed E-state index contributed by atoms with van der Waals surface area (Å²) in [5, 5.41) is 7.18. The number of pyridine rings is 1. The molecule has 0 atom stereocenters. The summed E-state index contributed by atoms with van der Waals surface area (Å²) in [6.07, 6.45) is 3.07. The SMILES string of the molecule is N=C1C(=O)CN(c2cccnc2)C1=O. The maximum absolute atomic E-state index is 11.4. The first kappa shape index (κ1) is 8.55. The Morgan fingerprint density at radius 2 is 2.21 bits per heavy atom. The molecule has 2 heterocycles. The van der Waals surface area contributed by atoms with Crippen molar-refractivity contribution in [3.8, 4) is 0 Å². The van der Waals surface area contributed by atoms with Crippen molar-refractivity contribution in [3.63, 3.8) is 0 Å². The highest BCUT2D eigenvalue weighted by Crippen LogP contribution is 2.16. The van der Waals surface area contributed by atoms with E-state index < -0.39 is 17.4 Å². The van der Waals surface area contributed by atoms with Crippen molar-refractivity contribution < 1.29 is 9.59 Å². The molecule has 14 heavy (non-hydrogen) atoms. The van der Waals surface area contributed by atoms with Gasteiger partial charge in [0, 0.05) is 6.20 Å². The minimum absolute atomic E-state index is 0.0522. The van der Waals surface area contributed by atoms with Gasteiger partial charge < -0.3 is 0 Å². The molecule has 0 unspecified atom stereocenters. The number of amides is 1. The summed E-state index contributed by atoms with van der Waals surface area (Å²) in [5.74, 6) is -0.998. The summed E-state index contributed by atoms with van der Waals surface area (Å²) in [5.41, 5.74) is 0.0990. The molecule has 1 N–H and O–H groups in total. The largest absolute Gasteiger partial charge is 0.297 e. The highest BCUT2D eigenvalue weighted by molar-refractivity contribution is 6.71. The molecule has 2 rings (SSSR count). The van der Waals surface area contributed by atoms with Gasteiger partial charge >= 0.3 is 0 Å². The minimum Gasteiger partial charge on any atom is -0.297 e. The molecule has 1 saturated heterocycles. The van der Waals surface area contributed by atoms with Crippen molar-refractivity contribution >= 4 is 23.1 Å². The monoisotopic (exact) mass is 189 g/mol. The fourth-order valence-electron chi connectivity index (χ4n) is 1.27. The molecule has 5 nitrogen and oxygen atoms in total. The lowest BCUT2D eigenvalue weighted by molar-refractivity contribution is -0.112. The molecule has 1 aliphatic heterocycles. The van der Waals surface area contributed by atoms with Crippen molar-refractivity contribution in [2.45, 2.75) is 0 Å². The molecule has 0 spiro atoms. The lowest BCUT2D eigenvalue weighted by Crippen LogP contribution is -2.26. The molecule has 1 aromatic heterocycles. The third-order valence-electron chi connectivity index (χ3n) is 2.00. The van der Waals surface area contributed by atoms with Crippen LogP contribution in [0.25, 0.3) is 0 Å². The second-order valence-electron chi connectivity index (χ2n) is 2.90. The first-order valence-electron chi connectivity index (χ1n) is 4.04. The fourth-order valence-corrected chi connectivity index (χ4v) is 1.27. The average molecular weight is 189 g/mol. The van der Waals surface area contributed by atoms with Crippen molar-refractivity contribution in [1.82, 2.24) is 4.98 Å². The van der Waals surface area contributed by atoms with E-state index in [4.69, 9.17) is 5.41 Å². The van der Waals surface area contributed by atoms with Crippen molar-refractivity contribution in [3.05, 3.63) is 24.5 Å². The molecule has 0 radical (unpaired) electrons. The molecule has 1 amide bonds. The number of ketones is 1. The number of Topliss-reactive ketones (excluding diaryl/α,β-unsaturated/α-hetero) is 1. The highest BCUT2D eigenvalue weighted by atomic mass is 16.2. The van der Waals surface area contributed by atoms with Crippen LogP contribution >= 0.6 is 0 Å². The molecular weight excluding hydrogens is 182 g/mol. The number of aromatic nitrogens is 1. The molecule has 0 aliphatic carbocycles. The van der Waals surface area contributed by atoms with Gasteiger partial charge in [0.05, 0.1) is 18.4 Å². The van der Waals surface area contributed by atoms with Gasteiger partial charge in [0.25, 0.3) is 5.91 Å². The van der Waals surface area contributed by atoms with E-state index in [1.165, 1.54) is 11.1 Å². The molecule has 0 bridgehead atoms. The zero-order valence-electron chi connectivity index (χ0n) is 7.23. The summed E-state index contributed by atoms with van der Waals surface area (Å²) >= 11 is 0. The van der Waals surface area contributed by atoms with Gasteiger partial charge in [0.15, 0.2) is 5.71 Å². The van der Waals surface area contributed by atoms with Crippen LogP contribution in [0, 0.1) is 5.41 Å². The summed E-state index contributed by atoms with van der Waals surface area (Å²) in [7, 11) is 0. The van der Waals surface area contributed by atoms with Crippen molar-refractivity contribution in [1.29, 1.82) is 5.41 Å². The van der Waals surface area contributed by atoms with Crippen molar-refractivity contribution in [2.75, 3.05) is 11.4 Å². The van der Waals surface area contributed by atoms with Crippen LogP contribution in [0.15, 0.2) is 24.5 Å². The minimum atomic E-state index is -0.553. The summed E-state index contributed by atoms with van der Waals surface area (Å²) in [6, 6.07) is 3.35. The number of carbonyl (C=O) groups is 2. The second-order valence-corrected chi connectivity index (χ2v) is 2.90. The predicted molar refractivity (Wildman–Crippen MR) is 49.3 cm³/mol. The Balaban J connectivity index is 2.35. The van der Waals surface area contributed by atoms with Crippen LogP contribution in [0.3, 0.4) is 0 Å². The number of rotatable bonds is 1. The van der Waals surface area contributed by atoms with E-state index in [-0.39, 0.29) is 6.54 Å². The Kier molecular flexibility index (Phi) is 1.85. The lowest BCUT2D eigenvalue weighted by atomic mass is 10.3. The molecular formula is C9H7N3O2. The number of carbonyl (C=O) groups excluding carboxylic acids is 2. The van der Waals surface area contributed by atoms with E-state index in [0.29, 0.717) is 5.69 Å². The van der Waals surface area contributed by atoms with E-state index in [9.17, 15) is 9.59 Å². The number of nitrogens with zero attached hydrogens (tertiary/aromatic N) is 2. The van der Waals surface area contributed by atoms with Crippen LogP contribution in [-0.4, -0.2) is 28.9 Å². The van der Waals surface area contributed by atoms with Gasteiger partial charge in [0.1, 0.15) is 0 Å². The number of anilines is 1. The van der Waals surface area contributed by atoms with E-state index in [0.717, 1.165) is 0 Å². The standard InChI is InChI=1S/C9H7N3O2/c10-8-7(13)5-12(9(8)14)6-2-1-3-11-4-6/h1-4,10H,5H2. The van der Waals surface area contributed by atoms with Gasteiger partial charge in [-0.3, -0.25) is 24.9 Å². The van der Waals surface area contributed by atoms with Crippen LogP contribution in [0.4, 0.5) is 5.69 Å². The van der Waals surface area contributed by atoms with Crippen LogP contribution < -0.4 is 4.90 Å². The van der Waals surface area contributed by atoms with E-state index >= 15 is 0 Å². The third-order valence-corrected chi connectivity index (χ3v) is 2.00. The van der Waals surface area contributed by atoms with E-state index in [1.807, 2.05) is 0 Å². The third kappa shape index (κ3) is 1.19. The van der Waals surface area contributed by atoms with Crippen molar-refractivity contribution in [2.24, 2.45) is 0 Å². The fraction of sp³-hybridized carbons (Fsp3) is 0.111. The molecule has 1 aliphatic rings. The Labute approximate surface area is 79.9 Å². The van der Waals surface area contributed by atoms with E-state index in [2.05, 4.69) is 4.98 Å². The molecule has 0 aromatic carbocycles. The quantitative estimate of drug-likeness (QED) is 0.676. The summed E-state index contributed by atoms with van der Waals surface area (Å²) < 4.78 is 0. The van der Waals surface area contributed by atoms with Gasteiger partial charge in [0.2, 0.25) is 5.78 Å². The zero-order chi connectivity index (χ0) is 10.1. The number of hydrogen-bond donors (Lipinski definition) is 1. The van der Waals surface area contributed by atoms with Gasteiger partial charge in [-0.15, -0.1) is 0 Å². The molecule has 70 valence electrons. The number of hydrogen-bond acceptors (Lipinski definition) is 4. The Hall–Kier alpha value is -2.04. The maximum atomic E-state index is 11.4. The van der Waals surface area contributed by atoms with Gasteiger partial charge in [-0.05, 0) is 12.1 Å². The predicted octanol–water partition coefficient (Wildman–Crippen LogP) is 0.0171. The van der Waals surface area contributed by atoms with Crippen LogP contribution in [0.1, 0.15) is 0 Å². The Bertz CT molecular complexity index is 413. The van der Waals surface area contributed by atoms with E-state index in [1.54, 1.807) is 18.3 Å². The summed E-state index contributed by atoms with van der Waals surface area (Å²) in [6.45, 7) is -0.0522. The molecule has 1 aromatic rings. The Morgan fingerprint density at radius 3 is 2.71 bits per heavy atom. The number of nitrogens with one attached hydrogen (secondary N) is 1. The normalized spacial score (nSPS) is 16.6. The first-order chi connectivity index (χ1) is 6.70. The highest BCUT2D eigenvalue weighted by Gasteiger charge is 2.34. The summed E-state index contributed by atoms with van der Waals surface area (Å²) in [4.78, 5) is 27.5. The average Bonchev–Trinajstić information content (AvgIpc) is 2.47. The lowest BCUT2D eigenvalue weighted by Gasteiger charge is -2.12. The second kappa shape index (κ2) is 3.02. The molecule has 0 saturated carbocycles. The smallest absolute Gasteiger partial charge is 0.280 e. The van der Waals surface area contributed by atoms with Crippen LogP contribution in [0.2, 0.25) is 0 Å². The topological polar surface area (TPSA) is 74.1 Å².